The average molecular weight is 311 g/mol. The van der Waals surface area contributed by atoms with Crippen LogP contribution in [-0.4, -0.2) is 30.1 Å². The van der Waals surface area contributed by atoms with Gasteiger partial charge in [-0.3, -0.25) is 4.79 Å². The minimum absolute atomic E-state index is 0.143. The Morgan fingerprint density at radius 1 is 1.30 bits per heavy atom. The Labute approximate surface area is 136 Å². The Hall–Kier alpha value is -2.40. The van der Waals surface area contributed by atoms with Gasteiger partial charge in [0.25, 0.3) is 5.91 Å². The zero-order chi connectivity index (χ0) is 16.1. The monoisotopic (exact) mass is 311 g/mol. The van der Waals surface area contributed by atoms with Crippen molar-refractivity contribution in [1.29, 1.82) is 0 Å². The fraction of sp³-hybridized carbons (Fsp3) is 0.333. The maximum atomic E-state index is 12.2. The van der Waals surface area contributed by atoms with Gasteiger partial charge in [0.15, 0.2) is 0 Å². The number of aryl methyl sites for hydroxylation is 1. The first-order valence-electron chi connectivity index (χ1n) is 7.91. The summed E-state index contributed by atoms with van der Waals surface area (Å²) in [6, 6.07) is 11.2. The third kappa shape index (κ3) is 4.07. The van der Waals surface area contributed by atoms with E-state index >= 15 is 0 Å². The van der Waals surface area contributed by atoms with E-state index < -0.39 is 0 Å². The highest BCUT2D eigenvalue weighted by molar-refractivity contribution is 6.04. The Bertz CT molecular complexity index is 664. The number of aromatic nitrogens is 1. The zero-order valence-electron chi connectivity index (χ0n) is 13.2. The molecule has 2 aromatic rings. The van der Waals surface area contributed by atoms with Crippen molar-refractivity contribution < 1.29 is 9.53 Å². The Kier molecular flexibility index (Phi) is 4.88. The number of carbonyl (C=O) groups excluding carboxylic acids is 1. The van der Waals surface area contributed by atoms with Gasteiger partial charge in [-0.25, -0.2) is 4.98 Å². The van der Waals surface area contributed by atoms with E-state index in [4.69, 9.17) is 4.74 Å². The van der Waals surface area contributed by atoms with Crippen LogP contribution < -0.4 is 10.6 Å². The predicted octanol–water partition coefficient (Wildman–Crippen LogP) is 3.23. The lowest BCUT2D eigenvalue weighted by atomic mass is 10.1. The Morgan fingerprint density at radius 2 is 2.17 bits per heavy atom. The number of nitrogens with one attached hydrogen (secondary N) is 2. The predicted molar refractivity (Wildman–Crippen MR) is 90.8 cm³/mol. The highest BCUT2D eigenvalue weighted by Crippen LogP contribution is 2.15. The topological polar surface area (TPSA) is 63.2 Å². The number of hydrogen-bond donors (Lipinski definition) is 2. The lowest BCUT2D eigenvalue weighted by Gasteiger charge is -2.12. The molecule has 1 amide bonds. The molecule has 0 aliphatic carbocycles. The Morgan fingerprint density at radius 3 is 2.87 bits per heavy atom. The van der Waals surface area contributed by atoms with Crippen LogP contribution in [0.3, 0.4) is 0 Å². The molecule has 3 rings (SSSR count). The summed E-state index contributed by atoms with van der Waals surface area (Å²) in [5, 5.41) is 6.13. The van der Waals surface area contributed by atoms with E-state index in [0.717, 1.165) is 37.2 Å². The minimum atomic E-state index is -0.143. The molecular weight excluding hydrogens is 290 g/mol. The number of rotatable bonds is 5. The quantitative estimate of drug-likeness (QED) is 0.890. The highest BCUT2D eigenvalue weighted by atomic mass is 16.5. The van der Waals surface area contributed by atoms with Crippen molar-refractivity contribution in [3.63, 3.8) is 0 Å². The number of pyridine rings is 1. The van der Waals surface area contributed by atoms with Crippen LogP contribution in [0.2, 0.25) is 0 Å². The summed E-state index contributed by atoms with van der Waals surface area (Å²) in [7, 11) is 0. The fourth-order valence-corrected chi connectivity index (χ4v) is 2.62. The molecule has 2 N–H and O–H groups in total. The highest BCUT2D eigenvalue weighted by Gasteiger charge is 2.15. The van der Waals surface area contributed by atoms with Gasteiger partial charge >= 0.3 is 0 Å². The van der Waals surface area contributed by atoms with Crippen LogP contribution in [0, 0.1) is 6.92 Å². The van der Waals surface area contributed by atoms with Crippen molar-refractivity contribution in [2.75, 3.05) is 23.8 Å². The molecule has 23 heavy (non-hydrogen) atoms. The zero-order valence-corrected chi connectivity index (χ0v) is 13.2. The SMILES string of the molecule is Cc1ccccc1C(=O)Nc1ccc(NCC2CCCO2)cn1. The van der Waals surface area contributed by atoms with E-state index in [1.165, 1.54) is 0 Å². The molecule has 1 unspecified atom stereocenters. The van der Waals surface area contributed by atoms with Gasteiger partial charge in [0.1, 0.15) is 5.82 Å². The van der Waals surface area contributed by atoms with Crippen LogP contribution in [0.15, 0.2) is 42.6 Å². The average Bonchev–Trinajstić information content (AvgIpc) is 3.08. The van der Waals surface area contributed by atoms with Crippen molar-refractivity contribution in [2.24, 2.45) is 0 Å². The van der Waals surface area contributed by atoms with E-state index in [9.17, 15) is 4.79 Å². The van der Waals surface area contributed by atoms with Crippen LogP contribution in [0.25, 0.3) is 0 Å². The molecule has 0 bridgehead atoms. The van der Waals surface area contributed by atoms with Crippen LogP contribution >= 0.6 is 0 Å². The van der Waals surface area contributed by atoms with Crippen LogP contribution in [0.4, 0.5) is 11.5 Å². The molecule has 5 nitrogen and oxygen atoms in total. The molecular formula is C18H21N3O2. The fourth-order valence-electron chi connectivity index (χ4n) is 2.62. The largest absolute Gasteiger partial charge is 0.381 e. The molecule has 5 heteroatoms. The maximum absolute atomic E-state index is 12.2. The summed E-state index contributed by atoms with van der Waals surface area (Å²) in [6.45, 7) is 3.56. The number of benzene rings is 1. The molecule has 1 aromatic carbocycles. The van der Waals surface area contributed by atoms with Crippen LogP contribution in [0.5, 0.6) is 0 Å². The van der Waals surface area contributed by atoms with E-state index in [2.05, 4.69) is 15.6 Å². The lowest BCUT2D eigenvalue weighted by molar-refractivity contribution is 0.102. The first-order chi connectivity index (χ1) is 11.2. The molecule has 1 aromatic heterocycles. The lowest BCUT2D eigenvalue weighted by Crippen LogP contribution is -2.18. The maximum Gasteiger partial charge on any atom is 0.257 e. The number of anilines is 2. The Balaban J connectivity index is 1.56. The molecule has 2 heterocycles. The summed E-state index contributed by atoms with van der Waals surface area (Å²) >= 11 is 0. The normalized spacial score (nSPS) is 17.0. The van der Waals surface area contributed by atoms with Crippen molar-refractivity contribution in [1.82, 2.24) is 4.98 Å². The molecule has 1 saturated heterocycles. The van der Waals surface area contributed by atoms with Crippen molar-refractivity contribution >= 4 is 17.4 Å². The van der Waals surface area contributed by atoms with E-state index in [-0.39, 0.29) is 12.0 Å². The number of hydrogen-bond acceptors (Lipinski definition) is 4. The van der Waals surface area contributed by atoms with Gasteiger partial charge in [-0.05, 0) is 43.5 Å². The second-order valence-corrected chi connectivity index (χ2v) is 5.72. The smallest absolute Gasteiger partial charge is 0.257 e. The van der Waals surface area contributed by atoms with Crippen LogP contribution in [-0.2, 0) is 4.74 Å². The van der Waals surface area contributed by atoms with Gasteiger partial charge in [-0.15, -0.1) is 0 Å². The number of nitrogens with zero attached hydrogens (tertiary/aromatic N) is 1. The van der Waals surface area contributed by atoms with Gasteiger partial charge in [0.05, 0.1) is 18.0 Å². The molecule has 0 saturated carbocycles. The van der Waals surface area contributed by atoms with Crippen LogP contribution in [0.1, 0.15) is 28.8 Å². The summed E-state index contributed by atoms with van der Waals surface area (Å²) < 4.78 is 5.57. The van der Waals surface area contributed by atoms with E-state index in [1.807, 2.05) is 37.3 Å². The standard InChI is InChI=1S/C18H21N3O2/c1-13-5-2-3-7-16(13)18(22)21-17-9-8-14(11-20-17)19-12-15-6-4-10-23-15/h2-3,5,7-9,11,15,19H,4,6,10,12H2,1H3,(H,20,21,22). The molecule has 0 spiro atoms. The molecule has 0 radical (unpaired) electrons. The first-order valence-corrected chi connectivity index (χ1v) is 7.91. The van der Waals surface area contributed by atoms with Gasteiger partial charge in [-0.2, -0.15) is 0 Å². The van der Waals surface area contributed by atoms with E-state index in [0.29, 0.717) is 11.4 Å². The minimum Gasteiger partial charge on any atom is -0.381 e. The third-order valence-corrected chi connectivity index (χ3v) is 3.95. The first kappa shape index (κ1) is 15.5. The van der Waals surface area contributed by atoms with Crippen molar-refractivity contribution in [2.45, 2.75) is 25.9 Å². The van der Waals surface area contributed by atoms with Gasteiger partial charge in [0, 0.05) is 18.7 Å². The van der Waals surface area contributed by atoms with E-state index in [1.54, 1.807) is 12.3 Å². The number of carbonyl (C=O) groups is 1. The van der Waals surface area contributed by atoms with Crippen molar-refractivity contribution in [3.8, 4) is 0 Å². The molecule has 120 valence electrons. The van der Waals surface area contributed by atoms with Gasteiger partial charge in [0.2, 0.25) is 0 Å². The summed E-state index contributed by atoms with van der Waals surface area (Å²) in [5.74, 6) is 0.400. The second kappa shape index (κ2) is 7.24. The van der Waals surface area contributed by atoms with Gasteiger partial charge < -0.3 is 15.4 Å². The number of ether oxygens (including phenoxy) is 1. The van der Waals surface area contributed by atoms with Gasteiger partial charge in [-0.1, -0.05) is 18.2 Å². The summed E-state index contributed by atoms with van der Waals surface area (Å²) in [4.78, 5) is 16.5. The third-order valence-electron chi connectivity index (χ3n) is 3.95. The molecule has 1 fully saturated rings. The molecule has 1 aliphatic heterocycles. The van der Waals surface area contributed by atoms with Crippen molar-refractivity contribution in [3.05, 3.63) is 53.7 Å². The molecule has 1 atom stereocenters. The second-order valence-electron chi connectivity index (χ2n) is 5.72. The summed E-state index contributed by atoms with van der Waals surface area (Å²) in [5.41, 5.74) is 2.53. The molecule has 1 aliphatic rings. The summed E-state index contributed by atoms with van der Waals surface area (Å²) in [6.07, 6.45) is 4.25. The number of amides is 1.